The van der Waals surface area contributed by atoms with E-state index in [1.807, 2.05) is 22.9 Å². The second-order valence-electron chi connectivity index (χ2n) is 9.46. The summed E-state index contributed by atoms with van der Waals surface area (Å²) in [4.78, 5) is 17.7. The van der Waals surface area contributed by atoms with Gasteiger partial charge in [0.05, 0.1) is 16.6 Å². The van der Waals surface area contributed by atoms with Crippen molar-refractivity contribution in [2.45, 2.75) is 77.3 Å². The van der Waals surface area contributed by atoms with E-state index < -0.39 is 0 Å². The normalized spacial score (nSPS) is 17.2. The Bertz CT molecular complexity index is 1080. The van der Waals surface area contributed by atoms with Crippen LogP contribution in [0.1, 0.15) is 80.8 Å². The maximum Gasteiger partial charge on any atom is 0.276 e. The number of nitrogens with one attached hydrogen (secondary N) is 1. The molecule has 1 aromatic carbocycles. The number of benzene rings is 1. The fraction of sp³-hybridized carbons (Fsp3) is 0.522. The Labute approximate surface area is 171 Å². The first kappa shape index (κ1) is 18.4. The maximum atomic E-state index is 12.9. The van der Waals surface area contributed by atoms with Crippen LogP contribution in [0.3, 0.4) is 0 Å². The van der Waals surface area contributed by atoms with E-state index in [1.165, 1.54) is 43.6 Å². The molecule has 1 aliphatic carbocycles. The van der Waals surface area contributed by atoms with Crippen molar-refractivity contribution in [2.75, 3.05) is 5.32 Å². The third kappa shape index (κ3) is 3.45. The molecule has 0 unspecified atom stereocenters. The Balaban J connectivity index is 1.41. The molecule has 2 aromatic heterocycles. The molecule has 1 amide bonds. The van der Waals surface area contributed by atoms with Crippen molar-refractivity contribution in [3.8, 4) is 0 Å². The number of carbonyl (C=O) groups is 1. The molecule has 29 heavy (non-hydrogen) atoms. The molecular weight excluding hydrogens is 362 g/mol. The predicted molar refractivity (Wildman–Crippen MR) is 114 cm³/mol. The summed E-state index contributed by atoms with van der Waals surface area (Å²) < 4.78 is 4.36. The molecule has 6 heteroatoms. The van der Waals surface area contributed by atoms with Gasteiger partial charge in [0.25, 0.3) is 5.91 Å². The van der Waals surface area contributed by atoms with Gasteiger partial charge in [-0.3, -0.25) is 9.48 Å². The van der Waals surface area contributed by atoms with Crippen molar-refractivity contribution >= 4 is 22.6 Å². The number of aromatic nitrogens is 4. The van der Waals surface area contributed by atoms with Gasteiger partial charge >= 0.3 is 0 Å². The number of hydrogen-bond acceptors (Lipinski definition) is 3. The molecule has 2 aliphatic rings. The van der Waals surface area contributed by atoms with Crippen LogP contribution in [-0.2, 0) is 18.5 Å². The molecule has 1 aliphatic heterocycles. The lowest BCUT2D eigenvalue weighted by Crippen LogP contribution is -2.25. The van der Waals surface area contributed by atoms with Gasteiger partial charge < -0.3 is 9.88 Å². The highest BCUT2D eigenvalue weighted by molar-refractivity contribution is 6.03. The van der Waals surface area contributed by atoms with Crippen LogP contribution in [0.5, 0.6) is 0 Å². The first-order chi connectivity index (χ1) is 13.9. The largest absolute Gasteiger partial charge is 0.328 e. The number of hydrogen-bond donors (Lipinski definition) is 1. The van der Waals surface area contributed by atoms with E-state index >= 15 is 0 Å². The van der Waals surface area contributed by atoms with Crippen LogP contribution >= 0.6 is 0 Å². The van der Waals surface area contributed by atoms with Gasteiger partial charge in [0.1, 0.15) is 5.82 Å². The fourth-order valence-electron chi connectivity index (χ4n) is 4.34. The van der Waals surface area contributed by atoms with Gasteiger partial charge in [-0.15, -0.1) is 0 Å². The maximum absolute atomic E-state index is 12.9. The number of imidazole rings is 1. The SMILES string of the molecule is CC(C)(C)n1nc(C(=O)Nc2ccc3c(c2)nc2n3CCCCC2)cc1C1CC1. The fourth-order valence-corrected chi connectivity index (χ4v) is 4.34. The number of rotatable bonds is 3. The molecular formula is C23H29N5O. The molecule has 0 bridgehead atoms. The van der Waals surface area contributed by atoms with E-state index in [-0.39, 0.29) is 11.4 Å². The molecule has 1 N–H and O–H groups in total. The summed E-state index contributed by atoms with van der Waals surface area (Å²) in [5, 5.41) is 7.68. The number of fused-ring (bicyclic) bond motifs is 3. The number of anilines is 1. The van der Waals surface area contributed by atoms with E-state index in [4.69, 9.17) is 4.98 Å². The Hall–Kier alpha value is -2.63. The second-order valence-corrected chi connectivity index (χ2v) is 9.46. The number of amides is 1. The van der Waals surface area contributed by atoms with Crippen molar-refractivity contribution in [2.24, 2.45) is 0 Å². The Kier molecular flexibility index (Phi) is 4.26. The van der Waals surface area contributed by atoms with Crippen molar-refractivity contribution < 1.29 is 4.79 Å². The molecule has 3 heterocycles. The molecule has 0 atom stereocenters. The van der Waals surface area contributed by atoms with Crippen molar-refractivity contribution in [1.82, 2.24) is 19.3 Å². The number of aryl methyl sites for hydroxylation is 2. The highest BCUT2D eigenvalue weighted by Crippen LogP contribution is 2.41. The molecule has 1 fully saturated rings. The van der Waals surface area contributed by atoms with Crippen molar-refractivity contribution in [3.63, 3.8) is 0 Å². The Morgan fingerprint density at radius 2 is 1.97 bits per heavy atom. The van der Waals surface area contributed by atoms with E-state index in [1.54, 1.807) is 0 Å². The Morgan fingerprint density at radius 3 is 2.72 bits per heavy atom. The third-order valence-corrected chi connectivity index (χ3v) is 5.97. The molecule has 152 valence electrons. The van der Waals surface area contributed by atoms with Gasteiger partial charge in [-0.25, -0.2) is 4.98 Å². The summed E-state index contributed by atoms with van der Waals surface area (Å²) >= 11 is 0. The number of carbonyl (C=O) groups excluding carboxylic acids is 1. The van der Waals surface area contributed by atoms with Crippen LogP contribution < -0.4 is 5.32 Å². The van der Waals surface area contributed by atoms with Gasteiger partial charge in [-0.1, -0.05) is 6.42 Å². The minimum Gasteiger partial charge on any atom is -0.328 e. The van der Waals surface area contributed by atoms with Crippen molar-refractivity contribution in [1.29, 1.82) is 0 Å². The Morgan fingerprint density at radius 1 is 1.14 bits per heavy atom. The highest BCUT2D eigenvalue weighted by atomic mass is 16.2. The second kappa shape index (κ2) is 6.71. The van der Waals surface area contributed by atoms with Gasteiger partial charge in [0.15, 0.2) is 5.69 Å². The molecule has 0 radical (unpaired) electrons. The molecule has 0 spiro atoms. The lowest BCUT2D eigenvalue weighted by molar-refractivity contribution is 0.102. The minimum absolute atomic E-state index is 0.135. The van der Waals surface area contributed by atoms with Crippen LogP contribution in [0.15, 0.2) is 24.3 Å². The molecule has 3 aromatic rings. The highest BCUT2D eigenvalue weighted by Gasteiger charge is 2.32. The lowest BCUT2D eigenvalue weighted by atomic mass is 10.1. The van der Waals surface area contributed by atoms with E-state index in [0.29, 0.717) is 11.6 Å². The molecule has 6 nitrogen and oxygen atoms in total. The average molecular weight is 392 g/mol. The van der Waals surface area contributed by atoms with Gasteiger partial charge in [-0.2, -0.15) is 5.10 Å². The molecule has 0 saturated heterocycles. The summed E-state index contributed by atoms with van der Waals surface area (Å²) in [6, 6.07) is 8.01. The van der Waals surface area contributed by atoms with Crippen molar-refractivity contribution in [3.05, 3.63) is 41.5 Å². The first-order valence-electron chi connectivity index (χ1n) is 10.8. The van der Waals surface area contributed by atoms with E-state index in [0.717, 1.165) is 29.7 Å². The van der Waals surface area contributed by atoms with Crippen LogP contribution in [0, 0.1) is 0 Å². The van der Waals surface area contributed by atoms with Crippen LogP contribution in [0.25, 0.3) is 11.0 Å². The lowest BCUT2D eigenvalue weighted by Gasteiger charge is -2.22. The van der Waals surface area contributed by atoms with Gasteiger partial charge in [0.2, 0.25) is 0 Å². The summed E-state index contributed by atoms with van der Waals surface area (Å²) in [6.07, 6.45) is 7.08. The zero-order chi connectivity index (χ0) is 20.2. The number of nitrogens with zero attached hydrogens (tertiary/aromatic N) is 4. The first-order valence-corrected chi connectivity index (χ1v) is 10.8. The summed E-state index contributed by atoms with van der Waals surface area (Å²) in [5.74, 6) is 1.55. The molecule has 1 saturated carbocycles. The summed E-state index contributed by atoms with van der Waals surface area (Å²) in [6.45, 7) is 7.42. The predicted octanol–water partition coefficient (Wildman–Crippen LogP) is 4.84. The standard InChI is InChI=1S/C23H29N5O/c1-23(2,3)28-20(15-8-9-15)14-18(26-28)22(29)24-16-10-11-19-17(13-16)25-21-7-5-4-6-12-27(19)21/h10-11,13-15H,4-9,12H2,1-3H3,(H,24,29). The van der Waals surface area contributed by atoms with Gasteiger partial charge in [-0.05, 0) is 70.7 Å². The smallest absolute Gasteiger partial charge is 0.276 e. The van der Waals surface area contributed by atoms with Crippen LogP contribution in [0.2, 0.25) is 0 Å². The zero-order valence-corrected chi connectivity index (χ0v) is 17.5. The third-order valence-electron chi connectivity index (χ3n) is 5.97. The van der Waals surface area contributed by atoms with Crippen LogP contribution in [0.4, 0.5) is 5.69 Å². The van der Waals surface area contributed by atoms with Crippen LogP contribution in [-0.4, -0.2) is 25.2 Å². The summed E-state index contributed by atoms with van der Waals surface area (Å²) in [7, 11) is 0. The van der Waals surface area contributed by atoms with E-state index in [9.17, 15) is 4.79 Å². The van der Waals surface area contributed by atoms with Gasteiger partial charge in [0, 0.05) is 30.3 Å². The average Bonchev–Trinajstić information content (AvgIpc) is 3.37. The monoisotopic (exact) mass is 391 g/mol. The topological polar surface area (TPSA) is 64.7 Å². The van der Waals surface area contributed by atoms with E-state index in [2.05, 4.69) is 41.8 Å². The molecule has 5 rings (SSSR count). The summed E-state index contributed by atoms with van der Waals surface area (Å²) in [5.41, 5.74) is 4.42. The zero-order valence-electron chi connectivity index (χ0n) is 17.5. The quantitative estimate of drug-likeness (QED) is 0.694. The minimum atomic E-state index is -0.157.